The van der Waals surface area contributed by atoms with E-state index in [1.165, 1.54) is 19.4 Å². The van der Waals surface area contributed by atoms with Crippen LogP contribution in [0, 0.1) is 11.3 Å². The molecule has 2 fully saturated rings. The molecule has 0 aromatic rings. The van der Waals surface area contributed by atoms with E-state index in [9.17, 15) is 4.79 Å². The number of likely N-dealkylation sites (tertiary alicyclic amines) is 1. The van der Waals surface area contributed by atoms with Crippen LogP contribution in [0.2, 0.25) is 0 Å². The molecule has 0 radical (unpaired) electrons. The Morgan fingerprint density at radius 2 is 2.33 bits per heavy atom. The number of carbonyl (C=O) groups is 1. The lowest BCUT2D eigenvalue weighted by Crippen LogP contribution is -2.50. The number of amides is 1. The lowest BCUT2D eigenvalue weighted by atomic mass is 9.81. The highest BCUT2D eigenvalue weighted by atomic mass is 16.2. The van der Waals surface area contributed by atoms with Crippen molar-refractivity contribution in [2.45, 2.75) is 32.6 Å². The van der Waals surface area contributed by atoms with E-state index in [1.807, 2.05) is 0 Å². The van der Waals surface area contributed by atoms with Crippen LogP contribution in [0.3, 0.4) is 0 Å². The maximum absolute atomic E-state index is 12.3. The fourth-order valence-electron chi connectivity index (χ4n) is 3.14. The summed E-state index contributed by atoms with van der Waals surface area (Å²) in [7, 11) is 2.17. The zero-order chi connectivity index (χ0) is 13.0. The van der Waals surface area contributed by atoms with Gasteiger partial charge >= 0.3 is 0 Å². The van der Waals surface area contributed by atoms with Crippen molar-refractivity contribution >= 4 is 5.91 Å². The molecule has 4 nitrogen and oxygen atoms in total. The second-order valence-electron chi connectivity index (χ2n) is 6.32. The normalized spacial score (nSPS) is 34.2. The quantitative estimate of drug-likeness (QED) is 0.783. The molecule has 0 bridgehead atoms. The number of nitrogens with one attached hydrogen (secondary N) is 2. The molecule has 2 saturated heterocycles. The third-order valence-electron chi connectivity index (χ3n) is 4.42. The van der Waals surface area contributed by atoms with Crippen LogP contribution in [0.1, 0.15) is 32.6 Å². The standard InChI is InChI=1S/C14H27N3O/c1-14(6-4-7-15-11-14)13(18)16-9-12-5-3-8-17(2)10-12/h12,15H,3-11H2,1-2H3,(H,16,18). The molecule has 2 rings (SSSR count). The van der Waals surface area contributed by atoms with Gasteiger partial charge in [-0.25, -0.2) is 0 Å². The highest BCUT2D eigenvalue weighted by Gasteiger charge is 2.34. The first-order valence-corrected chi connectivity index (χ1v) is 7.28. The Morgan fingerprint density at radius 3 is 3.00 bits per heavy atom. The van der Waals surface area contributed by atoms with E-state index in [0.717, 1.165) is 39.0 Å². The van der Waals surface area contributed by atoms with Gasteiger partial charge in [-0.05, 0) is 58.7 Å². The zero-order valence-electron chi connectivity index (χ0n) is 11.8. The minimum Gasteiger partial charge on any atom is -0.355 e. The van der Waals surface area contributed by atoms with E-state index in [-0.39, 0.29) is 11.3 Å². The molecule has 0 aromatic heterocycles. The van der Waals surface area contributed by atoms with Crippen molar-refractivity contribution < 1.29 is 4.79 Å². The lowest BCUT2D eigenvalue weighted by Gasteiger charge is -2.34. The van der Waals surface area contributed by atoms with Crippen LogP contribution in [-0.2, 0) is 4.79 Å². The van der Waals surface area contributed by atoms with Gasteiger partial charge in [-0.15, -0.1) is 0 Å². The number of rotatable bonds is 3. The molecule has 2 atom stereocenters. The first kappa shape index (κ1) is 13.8. The summed E-state index contributed by atoms with van der Waals surface area (Å²) in [6, 6.07) is 0. The SMILES string of the molecule is CN1CCCC(CNC(=O)C2(C)CCCNC2)C1. The van der Waals surface area contributed by atoms with E-state index in [2.05, 4.69) is 29.5 Å². The third kappa shape index (κ3) is 3.45. The first-order chi connectivity index (χ1) is 8.60. The van der Waals surface area contributed by atoms with E-state index in [4.69, 9.17) is 0 Å². The van der Waals surface area contributed by atoms with Gasteiger partial charge in [-0.2, -0.15) is 0 Å². The Morgan fingerprint density at radius 1 is 1.50 bits per heavy atom. The summed E-state index contributed by atoms with van der Waals surface area (Å²) in [5.41, 5.74) is -0.196. The van der Waals surface area contributed by atoms with Crippen molar-refractivity contribution in [1.29, 1.82) is 0 Å². The predicted molar refractivity (Wildman–Crippen MR) is 73.4 cm³/mol. The number of hydrogen-bond donors (Lipinski definition) is 2. The van der Waals surface area contributed by atoms with Crippen LogP contribution in [-0.4, -0.2) is 50.6 Å². The molecule has 1 amide bonds. The minimum absolute atomic E-state index is 0.196. The van der Waals surface area contributed by atoms with Gasteiger partial charge in [0.1, 0.15) is 0 Å². The molecule has 104 valence electrons. The van der Waals surface area contributed by atoms with Gasteiger partial charge in [0, 0.05) is 19.6 Å². The summed E-state index contributed by atoms with van der Waals surface area (Å²) in [5.74, 6) is 0.871. The maximum Gasteiger partial charge on any atom is 0.227 e. The summed E-state index contributed by atoms with van der Waals surface area (Å²) < 4.78 is 0. The smallest absolute Gasteiger partial charge is 0.227 e. The van der Waals surface area contributed by atoms with Gasteiger partial charge in [0.2, 0.25) is 5.91 Å². The average Bonchev–Trinajstić information content (AvgIpc) is 2.37. The molecule has 0 saturated carbocycles. The fourth-order valence-corrected chi connectivity index (χ4v) is 3.14. The molecule has 0 aliphatic carbocycles. The van der Waals surface area contributed by atoms with Gasteiger partial charge in [-0.1, -0.05) is 0 Å². The van der Waals surface area contributed by atoms with Crippen molar-refractivity contribution in [2.24, 2.45) is 11.3 Å². The monoisotopic (exact) mass is 253 g/mol. The summed E-state index contributed by atoms with van der Waals surface area (Å²) >= 11 is 0. The van der Waals surface area contributed by atoms with Crippen LogP contribution in [0.25, 0.3) is 0 Å². The molecule has 0 aromatic carbocycles. The topological polar surface area (TPSA) is 44.4 Å². The van der Waals surface area contributed by atoms with Crippen LogP contribution < -0.4 is 10.6 Å². The molecule has 2 unspecified atom stereocenters. The van der Waals surface area contributed by atoms with Crippen molar-refractivity contribution in [3.05, 3.63) is 0 Å². The summed E-state index contributed by atoms with van der Waals surface area (Å²) in [6.45, 7) is 7.13. The van der Waals surface area contributed by atoms with Gasteiger partial charge in [-0.3, -0.25) is 4.79 Å². The van der Waals surface area contributed by atoms with Crippen molar-refractivity contribution in [3.63, 3.8) is 0 Å². The van der Waals surface area contributed by atoms with Gasteiger partial charge < -0.3 is 15.5 Å². The lowest BCUT2D eigenvalue weighted by molar-refractivity contribution is -0.131. The molecule has 2 heterocycles. The summed E-state index contributed by atoms with van der Waals surface area (Å²) in [5, 5.41) is 6.51. The van der Waals surface area contributed by atoms with E-state index < -0.39 is 0 Å². The molecule has 4 heteroatoms. The summed E-state index contributed by atoms with van der Waals surface area (Å²) in [6.07, 6.45) is 4.63. The average molecular weight is 253 g/mol. The number of nitrogens with zero attached hydrogens (tertiary/aromatic N) is 1. The van der Waals surface area contributed by atoms with Crippen molar-refractivity contribution in [1.82, 2.24) is 15.5 Å². The Kier molecular flexibility index (Phi) is 4.62. The first-order valence-electron chi connectivity index (χ1n) is 7.28. The predicted octanol–water partition coefficient (Wildman–Crippen LogP) is 0.834. The Labute approximate surface area is 110 Å². The maximum atomic E-state index is 12.3. The number of hydrogen-bond acceptors (Lipinski definition) is 3. The molecular formula is C14H27N3O. The van der Waals surface area contributed by atoms with Crippen molar-refractivity contribution in [3.8, 4) is 0 Å². The van der Waals surface area contributed by atoms with E-state index in [1.54, 1.807) is 0 Å². The van der Waals surface area contributed by atoms with Crippen LogP contribution >= 0.6 is 0 Å². The van der Waals surface area contributed by atoms with Crippen LogP contribution in [0.5, 0.6) is 0 Å². The van der Waals surface area contributed by atoms with Crippen LogP contribution in [0.15, 0.2) is 0 Å². The molecule has 2 aliphatic heterocycles. The highest BCUT2D eigenvalue weighted by molar-refractivity contribution is 5.82. The van der Waals surface area contributed by atoms with Gasteiger partial charge in [0.25, 0.3) is 0 Å². The van der Waals surface area contributed by atoms with E-state index in [0.29, 0.717) is 5.92 Å². The third-order valence-corrected chi connectivity index (χ3v) is 4.42. The Hall–Kier alpha value is -0.610. The van der Waals surface area contributed by atoms with Gasteiger partial charge in [0.05, 0.1) is 5.41 Å². The zero-order valence-corrected chi connectivity index (χ0v) is 11.8. The van der Waals surface area contributed by atoms with E-state index >= 15 is 0 Å². The Balaban J connectivity index is 1.76. The van der Waals surface area contributed by atoms with Gasteiger partial charge in [0.15, 0.2) is 0 Å². The Bertz CT molecular complexity index is 287. The molecule has 0 spiro atoms. The molecule has 2 N–H and O–H groups in total. The summed E-state index contributed by atoms with van der Waals surface area (Å²) in [4.78, 5) is 14.6. The van der Waals surface area contributed by atoms with Crippen LogP contribution in [0.4, 0.5) is 0 Å². The molecular weight excluding hydrogens is 226 g/mol. The number of carbonyl (C=O) groups excluding carboxylic acids is 1. The molecule has 18 heavy (non-hydrogen) atoms. The second kappa shape index (κ2) is 6.02. The highest BCUT2D eigenvalue weighted by Crippen LogP contribution is 2.25. The molecule has 2 aliphatic rings. The fraction of sp³-hybridized carbons (Fsp3) is 0.929. The minimum atomic E-state index is -0.196. The second-order valence-corrected chi connectivity index (χ2v) is 6.32. The largest absolute Gasteiger partial charge is 0.355 e. The number of piperidine rings is 2. The van der Waals surface area contributed by atoms with Crippen molar-refractivity contribution in [2.75, 3.05) is 39.8 Å².